The molecule has 0 unspecified atom stereocenters. The number of carboxylic acids is 1. The minimum Gasteiger partial charge on any atom is -0.480 e. The van der Waals surface area contributed by atoms with Crippen molar-refractivity contribution in [2.75, 3.05) is 13.1 Å². The number of carbonyl (C=O) groups excluding carboxylic acids is 2. The molecule has 4 N–H and O–H groups in total. The zero-order valence-corrected chi connectivity index (χ0v) is 13.3. The first-order valence-corrected chi connectivity index (χ1v) is 7.43. The predicted octanol–water partition coefficient (Wildman–Crippen LogP) is 0.118. The van der Waals surface area contributed by atoms with Crippen molar-refractivity contribution in [1.29, 1.82) is 0 Å². The van der Waals surface area contributed by atoms with Crippen LogP contribution < -0.4 is 16.0 Å². The lowest BCUT2D eigenvalue weighted by atomic mass is 10.0. The SMILES string of the molecule is CC(C)[C@H](NCc1ccccc1)C(=O)NCC(=O)NCC(=O)O. The molecule has 0 saturated heterocycles. The Hall–Kier alpha value is -2.41. The average molecular weight is 321 g/mol. The van der Waals surface area contributed by atoms with Gasteiger partial charge in [0.2, 0.25) is 11.8 Å². The molecule has 1 aromatic rings. The zero-order valence-electron chi connectivity index (χ0n) is 13.3. The van der Waals surface area contributed by atoms with E-state index in [1.54, 1.807) is 0 Å². The first-order chi connectivity index (χ1) is 10.9. The minimum absolute atomic E-state index is 0.0424. The Morgan fingerprint density at radius 3 is 2.26 bits per heavy atom. The summed E-state index contributed by atoms with van der Waals surface area (Å²) < 4.78 is 0. The van der Waals surface area contributed by atoms with E-state index in [0.717, 1.165) is 5.56 Å². The van der Waals surface area contributed by atoms with Gasteiger partial charge in [-0.15, -0.1) is 0 Å². The van der Waals surface area contributed by atoms with Crippen molar-refractivity contribution in [2.24, 2.45) is 5.92 Å². The molecule has 7 heteroatoms. The van der Waals surface area contributed by atoms with Gasteiger partial charge in [-0.05, 0) is 11.5 Å². The monoisotopic (exact) mass is 321 g/mol. The molecule has 1 aromatic carbocycles. The van der Waals surface area contributed by atoms with Crippen molar-refractivity contribution in [3.63, 3.8) is 0 Å². The maximum absolute atomic E-state index is 12.2. The predicted molar refractivity (Wildman–Crippen MR) is 85.6 cm³/mol. The fraction of sp³-hybridized carbons (Fsp3) is 0.438. The van der Waals surface area contributed by atoms with Gasteiger partial charge in [0, 0.05) is 6.54 Å². The summed E-state index contributed by atoms with van der Waals surface area (Å²) in [5.41, 5.74) is 1.06. The van der Waals surface area contributed by atoms with Crippen molar-refractivity contribution >= 4 is 17.8 Å². The molecule has 1 atom stereocenters. The highest BCUT2D eigenvalue weighted by molar-refractivity contribution is 5.88. The molecule has 0 saturated carbocycles. The lowest BCUT2D eigenvalue weighted by molar-refractivity contribution is -0.137. The fourth-order valence-electron chi connectivity index (χ4n) is 1.97. The lowest BCUT2D eigenvalue weighted by Crippen LogP contribution is -2.49. The molecule has 0 aliphatic carbocycles. The number of rotatable bonds is 9. The van der Waals surface area contributed by atoms with E-state index in [4.69, 9.17) is 5.11 Å². The highest BCUT2D eigenvalue weighted by Crippen LogP contribution is 2.04. The van der Waals surface area contributed by atoms with E-state index in [0.29, 0.717) is 6.54 Å². The Morgan fingerprint density at radius 2 is 1.70 bits per heavy atom. The van der Waals surface area contributed by atoms with Crippen LogP contribution in [0.15, 0.2) is 30.3 Å². The Morgan fingerprint density at radius 1 is 1.04 bits per heavy atom. The summed E-state index contributed by atoms with van der Waals surface area (Å²) in [6.07, 6.45) is 0. The summed E-state index contributed by atoms with van der Waals surface area (Å²) in [6, 6.07) is 9.25. The molecule has 0 aromatic heterocycles. The molecule has 7 nitrogen and oxygen atoms in total. The third kappa shape index (κ3) is 7.42. The standard InChI is InChI=1S/C16H23N3O4/c1-11(2)15(18-8-12-6-4-3-5-7-12)16(23)19-9-13(20)17-10-14(21)22/h3-7,11,15,18H,8-10H2,1-2H3,(H,17,20)(H,19,23)(H,21,22)/t15-/m0/s1. The van der Waals surface area contributed by atoms with Gasteiger partial charge in [0.05, 0.1) is 12.6 Å². The molecule has 23 heavy (non-hydrogen) atoms. The molecule has 0 radical (unpaired) electrons. The van der Waals surface area contributed by atoms with Crippen molar-refractivity contribution in [3.05, 3.63) is 35.9 Å². The van der Waals surface area contributed by atoms with Crippen LogP contribution in [0.4, 0.5) is 0 Å². The summed E-state index contributed by atoms with van der Waals surface area (Å²) >= 11 is 0. The molecular weight excluding hydrogens is 298 g/mol. The number of aliphatic carboxylic acids is 1. The summed E-state index contributed by atoms with van der Waals surface area (Å²) in [6.45, 7) is 3.65. The van der Waals surface area contributed by atoms with Crippen molar-refractivity contribution in [3.8, 4) is 0 Å². The number of carbonyl (C=O) groups is 3. The molecule has 0 heterocycles. The van der Waals surface area contributed by atoms with E-state index in [9.17, 15) is 14.4 Å². The van der Waals surface area contributed by atoms with Crippen LogP contribution in [0.2, 0.25) is 0 Å². The number of benzene rings is 1. The van der Waals surface area contributed by atoms with Crippen molar-refractivity contribution < 1.29 is 19.5 Å². The van der Waals surface area contributed by atoms with Gasteiger partial charge in [-0.25, -0.2) is 0 Å². The fourth-order valence-corrected chi connectivity index (χ4v) is 1.97. The number of carboxylic acid groups (broad SMARTS) is 1. The van der Waals surface area contributed by atoms with Crippen molar-refractivity contribution in [2.45, 2.75) is 26.4 Å². The number of amides is 2. The smallest absolute Gasteiger partial charge is 0.322 e. The van der Waals surface area contributed by atoms with E-state index in [2.05, 4.69) is 16.0 Å². The number of hydrogen-bond acceptors (Lipinski definition) is 4. The Kier molecular flexibility index (Phi) is 7.76. The maximum atomic E-state index is 12.2. The number of nitrogens with one attached hydrogen (secondary N) is 3. The van der Waals surface area contributed by atoms with Gasteiger partial charge in [0.1, 0.15) is 6.54 Å². The highest BCUT2D eigenvalue weighted by atomic mass is 16.4. The molecule has 0 spiro atoms. The van der Waals surface area contributed by atoms with Gasteiger partial charge in [0.25, 0.3) is 0 Å². The van der Waals surface area contributed by atoms with Crippen LogP contribution in [0.25, 0.3) is 0 Å². The van der Waals surface area contributed by atoms with E-state index < -0.39 is 24.5 Å². The molecule has 0 aliphatic rings. The van der Waals surface area contributed by atoms with Gasteiger partial charge in [0.15, 0.2) is 0 Å². The Labute approximate surface area is 135 Å². The molecular formula is C16H23N3O4. The Balaban J connectivity index is 2.45. The van der Waals surface area contributed by atoms with Crippen LogP contribution >= 0.6 is 0 Å². The lowest BCUT2D eigenvalue weighted by Gasteiger charge is -2.21. The zero-order chi connectivity index (χ0) is 17.2. The summed E-state index contributed by atoms with van der Waals surface area (Å²) in [5, 5.41) is 16.3. The molecule has 0 fully saturated rings. The van der Waals surface area contributed by atoms with Crippen LogP contribution in [0, 0.1) is 5.92 Å². The maximum Gasteiger partial charge on any atom is 0.322 e. The van der Waals surface area contributed by atoms with Crippen LogP contribution in [-0.2, 0) is 20.9 Å². The van der Waals surface area contributed by atoms with Crippen LogP contribution in [-0.4, -0.2) is 42.0 Å². The molecule has 2 amide bonds. The van der Waals surface area contributed by atoms with E-state index in [1.807, 2.05) is 44.2 Å². The quantitative estimate of drug-likeness (QED) is 0.517. The van der Waals surface area contributed by atoms with Gasteiger partial charge >= 0.3 is 5.97 Å². The molecule has 1 rings (SSSR count). The van der Waals surface area contributed by atoms with Gasteiger partial charge in [-0.3, -0.25) is 14.4 Å². The summed E-state index contributed by atoms with van der Waals surface area (Å²) in [4.78, 5) is 33.9. The van der Waals surface area contributed by atoms with E-state index in [-0.39, 0.29) is 18.4 Å². The average Bonchev–Trinajstić information content (AvgIpc) is 2.51. The molecule has 0 bridgehead atoms. The highest BCUT2D eigenvalue weighted by Gasteiger charge is 2.21. The van der Waals surface area contributed by atoms with Crippen LogP contribution in [0.3, 0.4) is 0 Å². The molecule has 126 valence electrons. The summed E-state index contributed by atoms with van der Waals surface area (Å²) in [7, 11) is 0. The topological polar surface area (TPSA) is 108 Å². The largest absolute Gasteiger partial charge is 0.480 e. The second-order valence-electron chi connectivity index (χ2n) is 5.48. The normalized spacial score (nSPS) is 11.8. The Bertz CT molecular complexity index is 531. The second-order valence-corrected chi connectivity index (χ2v) is 5.48. The van der Waals surface area contributed by atoms with Crippen LogP contribution in [0.1, 0.15) is 19.4 Å². The number of hydrogen-bond donors (Lipinski definition) is 4. The van der Waals surface area contributed by atoms with E-state index in [1.165, 1.54) is 0 Å². The van der Waals surface area contributed by atoms with Crippen LogP contribution in [0.5, 0.6) is 0 Å². The van der Waals surface area contributed by atoms with Gasteiger partial charge < -0.3 is 21.1 Å². The van der Waals surface area contributed by atoms with Gasteiger partial charge in [-0.1, -0.05) is 44.2 Å². The summed E-state index contributed by atoms with van der Waals surface area (Å²) in [5.74, 6) is -1.91. The van der Waals surface area contributed by atoms with E-state index >= 15 is 0 Å². The molecule has 0 aliphatic heterocycles. The second kappa shape index (κ2) is 9.58. The van der Waals surface area contributed by atoms with Crippen molar-refractivity contribution in [1.82, 2.24) is 16.0 Å². The third-order valence-electron chi connectivity index (χ3n) is 3.18. The third-order valence-corrected chi connectivity index (χ3v) is 3.18. The van der Waals surface area contributed by atoms with Gasteiger partial charge in [-0.2, -0.15) is 0 Å². The minimum atomic E-state index is -1.13. The first kappa shape index (κ1) is 18.6. The first-order valence-electron chi connectivity index (χ1n) is 7.43.